The minimum absolute atomic E-state index is 0.184. The Hall–Kier alpha value is -1.71. The van der Waals surface area contributed by atoms with Crippen LogP contribution in [0.25, 0.3) is 0 Å². The number of benzene rings is 2. The van der Waals surface area contributed by atoms with Crippen molar-refractivity contribution in [3.05, 3.63) is 57.6 Å². The summed E-state index contributed by atoms with van der Waals surface area (Å²) in [6.07, 6.45) is 3.29. The molecule has 1 aliphatic heterocycles. The molecule has 0 radical (unpaired) electrons. The van der Waals surface area contributed by atoms with Crippen LogP contribution < -0.4 is 4.74 Å². The van der Waals surface area contributed by atoms with Crippen LogP contribution >= 0.6 is 11.6 Å². The summed E-state index contributed by atoms with van der Waals surface area (Å²) in [6, 6.07) is 10.7. The number of methoxy groups -OCH3 is 1. The molecule has 132 valence electrons. The number of phenolic OH excluding ortho intramolecular Hbond substituents is 1. The van der Waals surface area contributed by atoms with Gasteiger partial charge in [-0.05, 0) is 72.3 Å². The van der Waals surface area contributed by atoms with Gasteiger partial charge in [-0.25, -0.2) is 0 Å². The van der Waals surface area contributed by atoms with Crippen molar-refractivity contribution in [3.63, 3.8) is 0 Å². The van der Waals surface area contributed by atoms with Crippen LogP contribution in [-0.4, -0.2) is 29.7 Å². The summed E-state index contributed by atoms with van der Waals surface area (Å²) in [4.78, 5) is 2.60. The zero-order chi connectivity index (χ0) is 17.6. The van der Waals surface area contributed by atoms with E-state index in [1.807, 2.05) is 12.1 Å². The van der Waals surface area contributed by atoms with Crippen LogP contribution in [0.2, 0.25) is 5.02 Å². The van der Waals surface area contributed by atoms with Gasteiger partial charge in [0.05, 0.1) is 12.1 Å². The molecule has 2 aromatic rings. The fourth-order valence-corrected chi connectivity index (χ4v) is 4.77. The summed E-state index contributed by atoms with van der Waals surface area (Å²) < 4.78 is 5.44. The fourth-order valence-electron chi connectivity index (χ4n) is 4.59. The molecule has 2 aromatic carbocycles. The zero-order valence-electron chi connectivity index (χ0n) is 14.8. The molecule has 1 heterocycles. The zero-order valence-corrected chi connectivity index (χ0v) is 15.5. The highest BCUT2D eigenvalue weighted by Gasteiger charge is 2.39. The summed E-state index contributed by atoms with van der Waals surface area (Å²) in [6.45, 7) is 4.29. The first-order valence-corrected chi connectivity index (χ1v) is 9.42. The average molecular weight is 358 g/mol. The third-order valence-electron chi connectivity index (χ3n) is 5.68. The normalized spacial score (nSPS) is 22.0. The molecular formula is C21H24ClNO2. The lowest BCUT2D eigenvalue weighted by molar-refractivity contribution is 0.141. The number of hydrogen-bond donors (Lipinski definition) is 1. The standard InChI is InChI=1S/C21H24ClNO2/c1-3-8-23-12-14-9-15(25-2)5-6-16(14)21-17-11-20(24)18(22)10-13(17)4-7-19(21)23/h5-6,9-11,19,21,24H,3-4,7-8,12H2,1-2H3/t19-,21-/m1/s1. The topological polar surface area (TPSA) is 32.7 Å². The van der Waals surface area contributed by atoms with E-state index < -0.39 is 0 Å². The number of nitrogens with zero attached hydrogens (tertiary/aromatic N) is 1. The molecule has 0 saturated heterocycles. The highest BCUT2D eigenvalue weighted by molar-refractivity contribution is 6.32. The minimum Gasteiger partial charge on any atom is -0.506 e. The second kappa shape index (κ2) is 6.54. The lowest BCUT2D eigenvalue weighted by Gasteiger charge is -2.46. The number of fused-ring (bicyclic) bond motifs is 5. The van der Waals surface area contributed by atoms with Crippen LogP contribution in [0.15, 0.2) is 30.3 Å². The van der Waals surface area contributed by atoms with E-state index in [0.29, 0.717) is 11.1 Å². The lowest BCUT2D eigenvalue weighted by atomic mass is 9.71. The Bertz CT molecular complexity index is 805. The van der Waals surface area contributed by atoms with Crippen molar-refractivity contribution in [3.8, 4) is 11.5 Å². The quantitative estimate of drug-likeness (QED) is 0.862. The van der Waals surface area contributed by atoms with Gasteiger partial charge >= 0.3 is 0 Å². The Morgan fingerprint density at radius 3 is 2.80 bits per heavy atom. The largest absolute Gasteiger partial charge is 0.506 e. The number of phenols is 1. The predicted octanol–water partition coefficient (Wildman–Crippen LogP) is 4.73. The van der Waals surface area contributed by atoms with E-state index in [9.17, 15) is 5.11 Å². The first-order chi connectivity index (χ1) is 12.1. The highest BCUT2D eigenvalue weighted by atomic mass is 35.5. The molecule has 25 heavy (non-hydrogen) atoms. The predicted molar refractivity (Wildman–Crippen MR) is 101 cm³/mol. The molecule has 0 saturated carbocycles. The lowest BCUT2D eigenvalue weighted by Crippen LogP contribution is -2.46. The molecule has 0 fully saturated rings. The first kappa shape index (κ1) is 16.7. The van der Waals surface area contributed by atoms with E-state index in [4.69, 9.17) is 16.3 Å². The first-order valence-electron chi connectivity index (χ1n) is 9.04. The van der Waals surface area contributed by atoms with Gasteiger partial charge < -0.3 is 9.84 Å². The van der Waals surface area contributed by atoms with Gasteiger partial charge in [0.15, 0.2) is 0 Å². The highest BCUT2D eigenvalue weighted by Crippen LogP contribution is 2.47. The van der Waals surface area contributed by atoms with Gasteiger partial charge in [0.25, 0.3) is 0 Å². The second-order valence-electron chi connectivity index (χ2n) is 7.12. The number of halogens is 1. The van der Waals surface area contributed by atoms with Gasteiger partial charge in [-0.2, -0.15) is 0 Å². The molecule has 3 nitrogen and oxygen atoms in total. The average Bonchev–Trinajstić information content (AvgIpc) is 2.62. The molecule has 2 atom stereocenters. The monoisotopic (exact) mass is 357 g/mol. The van der Waals surface area contributed by atoms with Crippen molar-refractivity contribution in [1.82, 2.24) is 4.90 Å². The molecular weight excluding hydrogens is 334 g/mol. The molecule has 0 spiro atoms. The number of aryl methyl sites for hydroxylation is 1. The third-order valence-corrected chi connectivity index (χ3v) is 5.98. The van der Waals surface area contributed by atoms with Crippen molar-refractivity contribution < 1.29 is 9.84 Å². The van der Waals surface area contributed by atoms with Gasteiger partial charge in [-0.3, -0.25) is 4.90 Å². The van der Waals surface area contributed by atoms with Crippen molar-refractivity contribution >= 4 is 11.6 Å². The van der Waals surface area contributed by atoms with E-state index in [0.717, 1.165) is 38.1 Å². The smallest absolute Gasteiger partial charge is 0.134 e. The fraction of sp³-hybridized carbons (Fsp3) is 0.429. The molecule has 0 amide bonds. The van der Waals surface area contributed by atoms with Gasteiger partial charge in [-0.15, -0.1) is 0 Å². The molecule has 1 N–H and O–H groups in total. The number of aromatic hydroxyl groups is 1. The Morgan fingerprint density at radius 2 is 2.04 bits per heavy atom. The van der Waals surface area contributed by atoms with Crippen LogP contribution in [0, 0.1) is 0 Å². The van der Waals surface area contributed by atoms with E-state index in [2.05, 4.69) is 30.0 Å². The molecule has 0 bridgehead atoms. The van der Waals surface area contributed by atoms with Crippen LogP contribution in [0.4, 0.5) is 0 Å². The Labute approximate surface area is 154 Å². The van der Waals surface area contributed by atoms with Crippen LogP contribution in [0.3, 0.4) is 0 Å². The number of ether oxygens (including phenoxy) is 1. The maximum absolute atomic E-state index is 10.2. The van der Waals surface area contributed by atoms with E-state index >= 15 is 0 Å². The second-order valence-corrected chi connectivity index (χ2v) is 7.53. The molecule has 2 aliphatic rings. The molecule has 4 heteroatoms. The van der Waals surface area contributed by atoms with E-state index in [1.165, 1.54) is 22.3 Å². The molecule has 0 aromatic heterocycles. The maximum Gasteiger partial charge on any atom is 0.134 e. The van der Waals surface area contributed by atoms with Crippen molar-refractivity contribution in [2.75, 3.05) is 13.7 Å². The summed E-state index contributed by atoms with van der Waals surface area (Å²) in [7, 11) is 1.72. The molecule has 4 rings (SSSR count). The van der Waals surface area contributed by atoms with Crippen molar-refractivity contribution in [2.45, 2.75) is 44.7 Å². The van der Waals surface area contributed by atoms with E-state index in [-0.39, 0.29) is 11.7 Å². The molecule has 0 unspecified atom stereocenters. The summed E-state index contributed by atoms with van der Waals surface area (Å²) >= 11 is 6.16. The summed E-state index contributed by atoms with van der Waals surface area (Å²) in [5, 5.41) is 10.7. The van der Waals surface area contributed by atoms with Gasteiger partial charge in [0, 0.05) is 18.5 Å². The van der Waals surface area contributed by atoms with Crippen LogP contribution in [0.5, 0.6) is 11.5 Å². The minimum atomic E-state index is 0.184. The van der Waals surface area contributed by atoms with Crippen molar-refractivity contribution in [2.24, 2.45) is 0 Å². The van der Waals surface area contributed by atoms with Crippen molar-refractivity contribution in [1.29, 1.82) is 0 Å². The van der Waals surface area contributed by atoms with Crippen LogP contribution in [0.1, 0.15) is 47.9 Å². The van der Waals surface area contributed by atoms with E-state index in [1.54, 1.807) is 7.11 Å². The number of hydrogen-bond acceptors (Lipinski definition) is 3. The van der Waals surface area contributed by atoms with Crippen LogP contribution in [-0.2, 0) is 13.0 Å². The third kappa shape index (κ3) is 2.80. The van der Waals surface area contributed by atoms with Gasteiger partial charge in [0.1, 0.15) is 11.5 Å². The van der Waals surface area contributed by atoms with Gasteiger partial charge in [0.2, 0.25) is 0 Å². The summed E-state index contributed by atoms with van der Waals surface area (Å²) in [5.41, 5.74) is 5.19. The maximum atomic E-state index is 10.2. The number of rotatable bonds is 3. The Balaban J connectivity index is 1.87. The van der Waals surface area contributed by atoms with Gasteiger partial charge in [-0.1, -0.05) is 24.6 Å². The SMILES string of the molecule is CCCN1Cc2cc(OC)ccc2[C@@H]2c3cc(O)c(Cl)cc3CC[C@H]21. The Morgan fingerprint density at radius 1 is 1.20 bits per heavy atom. The summed E-state index contributed by atoms with van der Waals surface area (Å²) in [5.74, 6) is 1.38. The Kier molecular flexibility index (Phi) is 4.38. The molecule has 1 aliphatic carbocycles.